The van der Waals surface area contributed by atoms with Crippen molar-refractivity contribution >= 4 is 33.4 Å². The molecular formula is C20H20N4O3S. The number of hydrogen-bond acceptors (Lipinski definition) is 5. The monoisotopic (exact) mass is 396 g/mol. The molecule has 1 aliphatic rings. The molecule has 1 atom stereocenters. The normalized spacial score (nSPS) is 16.2. The average molecular weight is 396 g/mol. The van der Waals surface area contributed by atoms with Crippen molar-refractivity contribution in [2.45, 2.75) is 39.4 Å². The minimum atomic E-state index is -0.722. The van der Waals surface area contributed by atoms with E-state index in [1.807, 2.05) is 38.1 Å². The van der Waals surface area contributed by atoms with Gasteiger partial charge in [-0.1, -0.05) is 24.3 Å². The summed E-state index contributed by atoms with van der Waals surface area (Å²) >= 11 is 1.46. The predicted molar refractivity (Wildman–Crippen MR) is 107 cm³/mol. The van der Waals surface area contributed by atoms with Crippen LogP contribution in [0.4, 0.5) is 0 Å². The zero-order chi connectivity index (χ0) is 20.0. The first-order valence-corrected chi connectivity index (χ1v) is 9.79. The first kappa shape index (κ1) is 18.4. The summed E-state index contributed by atoms with van der Waals surface area (Å²) in [6, 6.07) is 6.96. The van der Waals surface area contributed by atoms with Crippen molar-refractivity contribution in [2.24, 2.45) is 5.73 Å². The van der Waals surface area contributed by atoms with Crippen LogP contribution in [0.1, 0.15) is 21.6 Å². The number of carbonyl (C=O) groups excluding carboxylic acids is 2. The van der Waals surface area contributed by atoms with Crippen LogP contribution >= 0.6 is 11.3 Å². The summed E-state index contributed by atoms with van der Waals surface area (Å²) in [6.45, 7) is 3.94. The van der Waals surface area contributed by atoms with Gasteiger partial charge in [0.1, 0.15) is 17.4 Å². The molecule has 0 aliphatic carbocycles. The standard InChI is InChI=1S/C20H20N4O3S/c1-11-12(2)28-19-17(11)20(27)23(10-22-19)9-16(25)24-8-14-6-4-3-5-13(14)7-15(24)18(21)26/h3-6,10,15H,7-9H2,1-2H3,(H2,21,26)/t15-/m1/s1. The van der Waals surface area contributed by atoms with Crippen LogP contribution in [0, 0.1) is 13.8 Å². The van der Waals surface area contributed by atoms with Gasteiger partial charge in [-0.2, -0.15) is 0 Å². The Morgan fingerprint density at radius 2 is 1.96 bits per heavy atom. The van der Waals surface area contributed by atoms with Crippen molar-refractivity contribution in [3.8, 4) is 0 Å². The molecule has 0 radical (unpaired) electrons. The fraction of sp³-hybridized carbons (Fsp3) is 0.300. The van der Waals surface area contributed by atoms with Crippen molar-refractivity contribution in [3.63, 3.8) is 0 Å². The lowest BCUT2D eigenvalue weighted by atomic mass is 9.93. The van der Waals surface area contributed by atoms with E-state index in [1.165, 1.54) is 27.1 Å². The van der Waals surface area contributed by atoms with Gasteiger partial charge in [-0.3, -0.25) is 19.0 Å². The minimum Gasteiger partial charge on any atom is -0.368 e. The number of rotatable bonds is 3. The quantitative estimate of drug-likeness (QED) is 0.726. The molecule has 8 heteroatoms. The Bertz CT molecular complexity index is 1160. The zero-order valence-electron chi connectivity index (χ0n) is 15.6. The average Bonchev–Trinajstić information content (AvgIpc) is 2.97. The van der Waals surface area contributed by atoms with Crippen LogP contribution in [0.2, 0.25) is 0 Å². The summed E-state index contributed by atoms with van der Waals surface area (Å²) in [4.78, 5) is 45.3. The van der Waals surface area contributed by atoms with Gasteiger partial charge in [0.2, 0.25) is 11.8 Å². The number of amides is 2. The van der Waals surface area contributed by atoms with E-state index in [0.717, 1.165) is 21.6 Å². The van der Waals surface area contributed by atoms with Gasteiger partial charge >= 0.3 is 0 Å². The number of carbonyl (C=O) groups is 2. The van der Waals surface area contributed by atoms with Crippen molar-refractivity contribution in [3.05, 3.63) is 62.5 Å². The second-order valence-corrected chi connectivity index (χ2v) is 8.26. The number of thiophene rings is 1. The third kappa shape index (κ3) is 2.99. The number of benzene rings is 1. The first-order chi connectivity index (χ1) is 13.4. The number of nitrogens with two attached hydrogens (primary N) is 1. The molecule has 2 N–H and O–H groups in total. The molecule has 28 heavy (non-hydrogen) atoms. The molecule has 1 aromatic carbocycles. The van der Waals surface area contributed by atoms with Gasteiger partial charge in [0.15, 0.2) is 0 Å². The third-order valence-corrected chi connectivity index (χ3v) is 6.47. The van der Waals surface area contributed by atoms with Crippen molar-refractivity contribution < 1.29 is 9.59 Å². The fourth-order valence-electron chi connectivity index (χ4n) is 3.66. The summed E-state index contributed by atoms with van der Waals surface area (Å²) < 4.78 is 1.31. The molecule has 0 unspecified atom stereocenters. The highest BCUT2D eigenvalue weighted by Gasteiger charge is 2.33. The summed E-state index contributed by atoms with van der Waals surface area (Å²) in [6.07, 6.45) is 1.78. The lowest BCUT2D eigenvalue weighted by Gasteiger charge is -2.35. The van der Waals surface area contributed by atoms with E-state index in [2.05, 4.69) is 4.98 Å². The Morgan fingerprint density at radius 1 is 1.25 bits per heavy atom. The second-order valence-electron chi connectivity index (χ2n) is 7.05. The van der Waals surface area contributed by atoms with Crippen molar-refractivity contribution in [1.29, 1.82) is 0 Å². The highest BCUT2D eigenvalue weighted by Crippen LogP contribution is 2.26. The summed E-state index contributed by atoms with van der Waals surface area (Å²) in [5, 5.41) is 0.549. The number of aryl methyl sites for hydroxylation is 2. The SMILES string of the molecule is Cc1sc2ncn(CC(=O)N3Cc4ccccc4C[C@@H]3C(N)=O)c(=O)c2c1C. The van der Waals surface area contributed by atoms with Gasteiger partial charge < -0.3 is 10.6 Å². The molecule has 0 spiro atoms. The Labute approximate surface area is 165 Å². The van der Waals surface area contributed by atoms with Crippen molar-refractivity contribution in [2.75, 3.05) is 0 Å². The van der Waals surface area contributed by atoms with Crippen LogP contribution in [0.25, 0.3) is 10.2 Å². The van der Waals surface area contributed by atoms with Gasteiger partial charge in [0.05, 0.1) is 11.7 Å². The maximum Gasteiger partial charge on any atom is 0.262 e. The maximum atomic E-state index is 13.0. The molecule has 3 heterocycles. The maximum absolute atomic E-state index is 13.0. The van der Waals surface area contributed by atoms with Gasteiger partial charge in [-0.05, 0) is 30.5 Å². The number of nitrogens with zero attached hydrogens (tertiary/aromatic N) is 3. The fourth-order valence-corrected chi connectivity index (χ4v) is 4.65. The molecule has 3 aromatic rings. The van der Waals surface area contributed by atoms with E-state index >= 15 is 0 Å². The van der Waals surface area contributed by atoms with Gasteiger partial charge in [0.25, 0.3) is 5.56 Å². The van der Waals surface area contributed by atoms with E-state index in [0.29, 0.717) is 23.2 Å². The molecule has 0 saturated carbocycles. The van der Waals surface area contributed by atoms with E-state index in [-0.39, 0.29) is 18.0 Å². The molecule has 7 nitrogen and oxygen atoms in total. The Hall–Kier alpha value is -3.00. The Morgan fingerprint density at radius 3 is 2.68 bits per heavy atom. The molecule has 1 aliphatic heterocycles. The Balaban J connectivity index is 1.67. The van der Waals surface area contributed by atoms with Crippen LogP contribution < -0.4 is 11.3 Å². The van der Waals surface area contributed by atoms with E-state index < -0.39 is 11.9 Å². The summed E-state index contributed by atoms with van der Waals surface area (Å²) in [5.41, 5.74) is 8.21. The van der Waals surface area contributed by atoms with Crippen LogP contribution in [0.15, 0.2) is 35.4 Å². The molecular weight excluding hydrogens is 376 g/mol. The van der Waals surface area contributed by atoms with Crippen LogP contribution in [0.5, 0.6) is 0 Å². The number of primary amides is 1. The molecule has 4 rings (SSSR count). The molecule has 0 bridgehead atoms. The molecule has 0 saturated heterocycles. The number of hydrogen-bond donors (Lipinski definition) is 1. The lowest BCUT2D eigenvalue weighted by molar-refractivity contribution is -0.141. The first-order valence-electron chi connectivity index (χ1n) is 8.97. The zero-order valence-corrected chi connectivity index (χ0v) is 16.5. The lowest BCUT2D eigenvalue weighted by Crippen LogP contribution is -2.52. The smallest absolute Gasteiger partial charge is 0.262 e. The molecule has 144 valence electrons. The topological polar surface area (TPSA) is 98.3 Å². The predicted octanol–water partition coefficient (Wildman–Crippen LogP) is 1.51. The van der Waals surface area contributed by atoms with Gasteiger partial charge in [-0.25, -0.2) is 4.98 Å². The highest BCUT2D eigenvalue weighted by atomic mass is 32.1. The molecule has 2 amide bonds. The molecule has 2 aromatic heterocycles. The number of fused-ring (bicyclic) bond motifs is 2. The second kappa shape index (κ2) is 6.87. The molecule has 0 fully saturated rings. The summed E-state index contributed by atoms with van der Waals surface area (Å²) in [5.74, 6) is -0.876. The summed E-state index contributed by atoms with van der Waals surface area (Å²) in [7, 11) is 0. The van der Waals surface area contributed by atoms with Crippen LogP contribution in [0.3, 0.4) is 0 Å². The van der Waals surface area contributed by atoms with E-state index in [9.17, 15) is 14.4 Å². The highest BCUT2D eigenvalue weighted by molar-refractivity contribution is 7.18. The minimum absolute atomic E-state index is 0.179. The van der Waals surface area contributed by atoms with E-state index in [1.54, 1.807) is 0 Å². The Kier molecular flexibility index (Phi) is 4.50. The third-order valence-electron chi connectivity index (χ3n) is 5.36. The van der Waals surface area contributed by atoms with Crippen LogP contribution in [-0.4, -0.2) is 32.3 Å². The van der Waals surface area contributed by atoms with Crippen LogP contribution in [-0.2, 0) is 29.1 Å². The van der Waals surface area contributed by atoms with E-state index in [4.69, 9.17) is 5.73 Å². The largest absolute Gasteiger partial charge is 0.368 e. The van der Waals surface area contributed by atoms with Crippen molar-refractivity contribution in [1.82, 2.24) is 14.5 Å². The number of aromatic nitrogens is 2. The van der Waals surface area contributed by atoms with Gasteiger partial charge in [0, 0.05) is 17.8 Å². The van der Waals surface area contributed by atoms with Gasteiger partial charge in [-0.15, -0.1) is 11.3 Å².